The maximum atomic E-state index is 9.47. The average Bonchev–Trinajstić information content (AvgIpc) is 2.10. The van der Waals surface area contributed by atoms with Crippen molar-refractivity contribution in [3.8, 4) is 17.6 Å². The van der Waals surface area contributed by atoms with Gasteiger partial charge in [0.2, 0.25) is 0 Å². The first-order valence-electron chi connectivity index (χ1n) is 4.17. The van der Waals surface area contributed by atoms with E-state index in [1.165, 1.54) is 0 Å². The molecule has 0 atom stereocenters. The lowest BCUT2D eigenvalue weighted by Gasteiger charge is -1.99. The Hall–Kier alpha value is -1.46. The molecule has 1 rings (SSSR count). The molecule has 1 aromatic rings. The van der Waals surface area contributed by atoms with Gasteiger partial charge in [0.1, 0.15) is 5.75 Å². The third-order valence-corrected chi connectivity index (χ3v) is 1.73. The van der Waals surface area contributed by atoms with Gasteiger partial charge >= 0.3 is 0 Å². The largest absolute Gasteiger partial charge is 0.507 e. The zero-order valence-corrected chi connectivity index (χ0v) is 7.89. The fraction of sp³-hybridized carbons (Fsp3) is 0.273. The smallest absolute Gasteiger partial charge is 0.131 e. The van der Waals surface area contributed by atoms with Gasteiger partial charge in [-0.25, -0.2) is 0 Å². The predicted molar refractivity (Wildman–Crippen MR) is 53.6 cm³/mol. The standard InChI is InChI=1S/C11H13NO/c1-9-5-3-7-11(13)10(9)6-4-8-12-2/h3,5,7,12-13H,8H2,1-2H3. The van der Waals surface area contributed by atoms with E-state index in [1.807, 2.05) is 26.1 Å². The Morgan fingerprint density at radius 3 is 2.85 bits per heavy atom. The van der Waals surface area contributed by atoms with Gasteiger partial charge < -0.3 is 10.4 Å². The number of phenols is 1. The molecule has 0 saturated carbocycles. The van der Waals surface area contributed by atoms with Gasteiger partial charge in [-0.2, -0.15) is 0 Å². The number of benzene rings is 1. The van der Waals surface area contributed by atoms with Crippen molar-refractivity contribution in [1.29, 1.82) is 0 Å². The lowest BCUT2D eigenvalue weighted by molar-refractivity contribution is 0.473. The van der Waals surface area contributed by atoms with Crippen LogP contribution in [0.5, 0.6) is 5.75 Å². The molecular formula is C11H13NO. The molecule has 0 bridgehead atoms. The van der Waals surface area contributed by atoms with Crippen LogP contribution in [-0.4, -0.2) is 18.7 Å². The van der Waals surface area contributed by atoms with Crippen molar-refractivity contribution in [1.82, 2.24) is 5.32 Å². The Balaban J connectivity index is 2.95. The van der Waals surface area contributed by atoms with E-state index in [9.17, 15) is 5.11 Å². The van der Waals surface area contributed by atoms with Crippen LogP contribution in [0.15, 0.2) is 18.2 Å². The average molecular weight is 175 g/mol. The lowest BCUT2D eigenvalue weighted by atomic mass is 10.1. The molecule has 2 N–H and O–H groups in total. The van der Waals surface area contributed by atoms with Crippen LogP contribution in [-0.2, 0) is 0 Å². The molecule has 68 valence electrons. The summed E-state index contributed by atoms with van der Waals surface area (Å²) in [5.41, 5.74) is 1.72. The van der Waals surface area contributed by atoms with E-state index in [0.717, 1.165) is 11.1 Å². The third kappa shape index (κ3) is 2.50. The van der Waals surface area contributed by atoms with Crippen LogP contribution in [0, 0.1) is 18.8 Å². The monoisotopic (exact) mass is 175 g/mol. The second-order valence-electron chi connectivity index (χ2n) is 2.80. The van der Waals surface area contributed by atoms with Crippen LogP contribution in [0.4, 0.5) is 0 Å². The van der Waals surface area contributed by atoms with Crippen molar-refractivity contribution in [2.75, 3.05) is 13.6 Å². The number of rotatable bonds is 1. The fourth-order valence-corrected chi connectivity index (χ4v) is 1.04. The predicted octanol–water partition coefficient (Wildman–Crippen LogP) is 1.27. The molecule has 0 aliphatic heterocycles. The van der Waals surface area contributed by atoms with Gasteiger partial charge in [-0.1, -0.05) is 24.0 Å². The molecule has 0 amide bonds. The van der Waals surface area contributed by atoms with Crippen LogP contribution in [0.1, 0.15) is 11.1 Å². The molecule has 0 aliphatic carbocycles. The summed E-state index contributed by atoms with van der Waals surface area (Å²) in [6.07, 6.45) is 0. The summed E-state index contributed by atoms with van der Waals surface area (Å²) in [5.74, 6) is 6.08. The Labute approximate surface area is 78.6 Å². The summed E-state index contributed by atoms with van der Waals surface area (Å²) in [6.45, 7) is 2.57. The molecule has 13 heavy (non-hydrogen) atoms. The molecule has 2 heteroatoms. The number of nitrogens with one attached hydrogen (secondary N) is 1. The summed E-state index contributed by atoms with van der Waals surface area (Å²) in [5, 5.41) is 12.4. The van der Waals surface area contributed by atoms with Crippen molar-refractivity contribution >= 4 is 0 Å². The Bertz CT molecular complexity index is 327. The van der Waals surface area contributed by atoms with E-state index in [4.69, 9.17) is 0 Å². The van der Waals surface area contributed by atoms with Crippen molar-refractivity contribution in [2.45, 2.75) is 6.92 Å². The highest BCUT2D eigenvalue weighted by Gasteiger charge is 1.98. The van der Waals surface area contributed by atoms with Gasteiger partial charge in [-0.05, 0) is 25.6 Å². The molecular weight excluding hydrogens is 162 g/mol. The molecule has 0 saturated heterocycles. The molecule has 0 spiro atoms. The summed E-state index contributed by atoms with van der Waals surface area (Å²) in [4.78, 5) is 0. The molecule has 2 nitrogen and oxygen atoms in total. The lowest BCUT2D eigenvalue weighted by Crippen LogP contribution is -2.04. The van der Waals surface area contributed by atoms with Gasteiger partial charge in [-0.15, -0.1) is 0 Å². The summed E-state index contributed by atoms with van der Waals surface area (Å²) < 4.78 is 0. The van der Waals surface area contributed by atoms with Gasteiger partial charge in [0.05, 0.1) is 12.1 Å². The van der Waals surface area contributed by atoms with E-state index in [2.05, 4.69) is 17.2 Å². The second-order valence-corrected chi connectivity index (χ2v) is 2.80. The minimum absolute atomic E-state index is 0.253. The summed E-state index contributed by atoms with van der Waals surface area (Å²) >= 11 is 0. The Kier molecular flexibility index (Phi) is 3.36. The first-order chi connectivity index (χ1) is 6.25. The highest BCUT2D eigenvalue weighted by Crippen LogP contribution is 2.18. The summed E-state index contributed by atoms with van der Waals surface area (Å²) in [7, 11) is 1.84. The molecule has 0 fully saturated rings. The normalized spacial score (nSPS) is 9.08. The molecule has 0 unspecified atom stereocenters. The van der Waals surface area contributed by atoms with Gasteiger partial charge in [0, 0.05) is 0 Å². The van der Waals surface area contributed by atoms with E-state index >= 15 is 0 Å². The van der Waals surface area contributed by atoms with Crippen LogP contribution in [0.3, 0.4) is 0 Å². The molecule has 0 aromatic heterocycles. The van der Waals surface area contributed by atoms with E-state index < -0.39 is 0 Å². The highest BCUT2D eigenvalue weighted by atomic mass is 16.3. The van der Waals surface area contributed by atoms with Crippen molar-refractivity contribution < 1.29 is 5.11 Å². The first-order valence-corrected chi connectivity index (χ1v) is 4.17. The molecule has 1 aromatic carbocycles. The maximum absolute atomic E-state index is 9.47. The van der Waals surface area contributed by atoms with Gasteiger partial charge in [0.25, 0.3) is 0 Å². The first kappa shape index (κ1) is 9.63. The molecule has 0 aliphatic rings. The quantitative estimate of drug-likeness (QED) is 0.630. The van der Waals surface area contributed by atoms with Crippen molar-refractivity contribution in [3.63, 3.8) is 0 Å². The zero-order valence-electron chi connectivity index (χ0n) is 7.89. The van der Waals surface area contributed by atoms with Crippen LogP contribution in [0.25, 0.3) is 0 Å². The fourth-order valence-electron chi connectivity index (χ4n) is 1.04. The van der Waals surface area contributed by atoms with Crippen LogP contribution < -0.4 is 5.32 Å². The minimum Gasteiger partial charge on any atom is -0.507 e. The Morgan fingerprint density at radius 1 is 1.46 bits per heavy atom. The SMILES string of the molecule is CNCC#Cc1c(C)cccc1O. The maximum Gasteiger partial charge on any atom is 0.131 e. The number of hydrogen-bond acceptors (Lipinski definition) is 2. The van der Waals surface area contributed by atoms with Gasteiger partial charge in [-0.3, -0.25) is 0 Å². The van der Waals surface area contributed by atoms with Gasteiger partial charge in [0.15, 0.2) is 0 Å². The number of aromatic hydroxyl groups is 1. The highest BCUT2D eigenvalue weighted by molar-refractivity contribution is 5.50. The molecule has 0 radical (unpaired) electrons. The van der Waals surface area contributed by atoms with Crippen LogP contribution >= 0.6 is 0 Å². The number of phenolic OH excluding ortho intramolecular Hbond substituents is 1. The second kappa shape index (κ2) is 4.54. The minimum atomic E-state index is 0.253. The third-order valence-electron chi connectivity index (χ3n) is 1.73. The van der Waals surface area contributed by atoms with Crippen LogP contribution in [0.2, 0.25) is 0 Å². The number of hydrogen-bond donors (Lipinski definition) is 2. The topological polar surface area (TPSA) is 32.3 Å². The van der Waals surface area contributed by atoms with E-state index in [1.54, 1.807) is 6.07 Å². The van der Waals surface area contributed by atoms with Crippen molar-refractivity contribution in [2.24, 2.45) is 0 Å². The summed E-state index contributed by atoms with van der Waals surface area (Å²) in [6, 6.07) is 5.40. The number of aryl methyl sites for hydroxylation is 1. The van der Waals surface area contributed by atoms with E-state index in [-0.39, 0.29) is 5.75 Å². The van der Waals surface area contributed by atoms with Crippen molar-refractivity contribution in [3.05, 3.63) is 29.3 Å². The molecule has 0 heterocycles. The Morgan fingerprint density at radius 2 is 2.23 bits per heavy atom. The zero-order chi connectivity index (χ0) is 9.68. The van der Waals surface area contributed by atoms with E-state index in [0.29, 0.717) is 6.54 Å².